The summed E-state index contributed by atoms with van der Waals surface area (Å²) in [6.45, 7) is 1.18. The van der Waals surface area contributed by atoms with Crippen LogP contribution in [-0.4, -0.2) is 44.9 Å². The smallest absolute Gasteiger partial charge is 0.246 e. The van der Waals surface area contributed by atoms with Crippen LogP contribution in [0.4, 0.5) is 8.78 Å². The van der Waals surface area contributed by atoms with E-state index in [2.05, 4.69) is 5.32 Å². The van der Waals surface area contributed by atoms with Crippen molar-refractivity contribution in [3.8, 4) is 5.75 Å². The largest absolute Gasteiger partial charge is 0.493 e. The van der Waals surface area contributed by atoms with E-state index in [-0.39, 0.29) is 30.8 Å². The van der Waals surface area contributed by atoms with Gasteiger partial charge in [0.1, 0.15) is 22.3 Å². The SMILES string of the molecule is O=C(NCC1COc2ccccc2C1)C1CCN(S(=O)(=O)c2cc(F)ccc2F)CC1. The first-order valence-corrected chi connectivity index (χ1v) is 11.7. The molecule has 0 aliphatic carbocycles. The fourth-order valence-electron chi connectivity index (χ4n) is 4.08. The molecule has 0 radical (unpaired) electrons. The molecule has 166 valence electrons. The molecule has 0 bridgehead atoms. The fourth-order valence-corrected chi connectivity index (χ4v) is 5.63. The second-order valence-corrected chi connectivity index (χ2v) is 9.89. The lowest BCUT2D eigenvalue weighted by Crippen LogP contribution is -2.44. The van der Waals surface area contributed by atoms with E-state index in [0.29, 0.717) is 32.1 Å². The molecule has 0 spiro atoms. The molecule has 31 heavy (non-hydrogen) atoms. The zero-order valence-corrected chi connectivity index (χ0v) is 17.7. The van der Waals surface area contributed by atoms with E-state index < -0.39 is 26.6 Å². The number of rotatable bonds is 5. The Morgan fingerprint density at radius 2 is 1.87 bits per heavy atom. The van der Waals surface area contributed by atoms with Crippen molar-refractivity contribution in [3.05, 3.63) is 59.7 Å². The van der Waals surface area contributed by atoms with Gasteiger partial charge in [0.25, 0.3) is 0 Å². The number of nitrogens with one attached hydrogen (secondary N) is 1. The summed E-state index contributed by atoms with van der Waals surface area (Å²) >= 11 is 0. The van der Waals surface area contributed by atoms with Crippen LogP contribution in [0.2, 0.25) is 0 Å². The van der Waals surface area contributed by atoms with Gasteiger partial charge in [-0.1, -0.05) is 18.2 Å². The van der Waals surface area contributed by atoms with Crippen LogP contribution in [0.3, 0.4) is 0 Å². The summed E-state index contributed by atoms with van der Waals surface area (Å²) in [5.74, 6) is -1.18. The summed E-state index contributed by atoms with van der Waals surface area (Å²) < 4.78 is 59.6. The zero-order chi connectivity index (χ0) is 22.0. The van der Waals surface area contributed by atoms with Crippen LogP contribution >= 0.6 is 0 Å². The monoisotopic (exact) mass is 450 g/mol. The average Bonchev–Trinajstić information content (AvgIpc) is 2.79. The van der Waals surface area contributed by atoms with Gasteiger partial charge in [0.15, 0.2) is 0 Å². The minimum absolute atomic E-state index is 0.0797. The van der Waals surface area contributed by atoms with E-state index in [1.807, 2.05) is 24.3 Å². The number of carbonyl (C=O) groups excluding carboxylic acids is 1. The van der Waals surface area contributed by atoms with Crippen molar-refractivity contribution in [2.24, 2.45) is 11.8 Å². The molecule has 2 aliphatic heterocycles. The summed E-state index contributed by atoms with van der Waals surface area (Å²) in [4.78, 5) is 11.9. The molecule has 1 saturated heterocycles. The lowest BCUT2D eigenvalue weighted by molar-refractivity contribution is -0.126. The molecule has 1 N–H and O–H groups in total. The van der Waals surface area contributed by atoms with Gasteiger partial charge in [-0.2, -0.15) is 4.31 Å². The highest BCUT2D eigenvalue weighted by molar-refractivity contribution is 7.89. The summed E-state index contributed by atoms with van der Waals surface area (Å²) in [6, 6.07) is 10.2. The summed E-state index contributed by atoms with van der Waals surface area (Å²) in [5, 5.41) is 2.96. The second kappa shape index (κ2) is 8.92. The second-order valence-electron chi connectivity index (χ2n) is 7.99. The van der Waals surface area contributed by atoms with Crippen LogP contribution in [0.15, 0.2) is 47.4 Å². The number of fused-ring (bicyclic) bond motifs is 1. The van der Waals surface area contributed by atoms with Crippen LogP contribution in [0.5, 0.6) is 5.75 Å². The number of hydrogen-bond donors (Lipinski definition) is 1. The Kier molecular flexibility index (Phi) is 6.24. The highest BCUT2D eigenvalue weighted by atomic mass is 32.2. The van der Waals surface area contributed by atoms with Crippen LogP contribution in [-0.2, 0) is 21.2 Å². The number of halogens is 2. The van der Waals surface area contributed by atoms with E-state index >= 15 is 0 Å². The van der Waals surface area contributed by atoms with E-state index in [0.717, 1.165) is 34.2 Å². The normalized spacial score (nSPS) is 20.0. The standard InChI is InChI=1S/C22H24F2N2O4S/c23-18-5-6-19(24)21(12-18)31(28,29)26-9-7-16(8-10-26)22(27)25-13-15-11-17-3-1-2-4-20(17)30-14-15/h1-6,12,15-16H,7-11,13-14H2,(H,25,27). The van der Waals surface area contributed by atoms with E-state index in [1.165, 1.54) is 0 Å². The maximum atomic E-state index is 13.9. The summed E-state index contributed by atoms with van der Waals surface area (Å²) in [7, 11) is -4.15. The first-order valence-electron chi connectivity index (χ1n) is 10.3. The van der Waals surface area contributed by atoms with Crippen LogP contribution in [0, 0.1) is 23.5 Å². The lowest BCUT2D eigenvalue weighted by Gasteiger charge is -2.31. The minimum atomic E-state index is -4.15. The maximum absolute atomic E-state index is 13.9. The van der Waals surface area contributed by atoms with Crippen molar-refractivity contribution in [1.29, 1.82) is 0 Å². The maximum Gasteiger partial charge on any atom is 0.246 e. The molecule has 0 aromatic heterocycles. The first kappa shape index (κ1) is 21.7. The van der Waals surface area contributed by atoms with E-state index in [4.69, 9.17) is 4.74 Å². The van der Waals surface area contributed by atoms with Gasteiger partial charge in [0, 0.05) is 31.5 Å². The van der Waals surface area contributed by atoms with Crippen molar-refractivity contribution in [2.45, 2.75) is 24.2 Å². The van der Waals surface area contributed by atoms with Gasteiger partial charge in [-0.15, -0.1) is 0 Å². The van der Waals surface area contributed by atoms with Gasteiger partial charge in [-0.3, -0.25) is 4.79 Å². The predicted octanol–water partition coefficient (Wildman–Crippen LogP) is 2.73. The Bertz CT molecular complexity index is 1070. The highest BCUT2D eigenvalue weighted by Gasteiger charge is 2.34. The quantitative estimate of drug-likeness (QED) is 0.760. The molecule has 1 unspecified atom stereocenters. The minimum Gasteiger partial charge on any atom is -0.493 e. The van der Waals surface area contributed by atoms with Crippen molar-refractivity contribution in [3.63, 3.8) is 0 Å². The first-order chi connectivity index (χ1) is 14.8. The van der Waals surface area contributed by atoms with Crippen molar-refractivity contribution >= 4 is 15.9 Å². The van der Waals surface area contributed by atoms with Crippen molar-refractivity contribution < 1.29 is 26.7 Å². The average molecular weight is 451 g/mol. The van der Waals surface area contributed by atoms with Gasteiger partial charge in [-0.05, 0) is 49.1 Å². The fraction of sp³-hybridized carbons (Fsp3) is 0.409. The number of benzene rings is 2. The third-order valence-electron chi connectivity index (χ3n) is 5.86. The van der Waals surface area contributed by atoms with E-state index in [9.17, 15) is 22.0 Å². The molecule has 1 amide bonds. The van der Waals surface area contributed by atoms with Gasteiger partial charge in [0.05, 0.1) is 6.61 Å². The molecule has 9 heteroatoms. The van der Waals surface area contributed by atoms with Crippen LogP contribution in [0.25, 0.3) is 0 Å². The molecular formula is C22H24F2N2O4S. The Labute approximate surface area is 180 Å². The number of sulfonamides is 1. The number of amides is 1. The molecule has 1 fully saturated rings. The summed E-state index contributed by atoms with van der Waals surface area (Å²) in [6.07, 6.45) is 1.48. The number of piperidine rings is 1. The highest BCUT2D eigenvalue weighted by Crippen LogP contribution is 2.28. The number of ether oxygens (including phenoxy) is 1. The zero-order valence-electron chi connectivity index (χ0n) is 16.9. The number of para-hydroxylation sites is 1. The number of hydrogen-bond acceptors (Lipinski definition) is 4. The van der Waals surface area contributed by atoms with Crippen molar-refractivity contribution in [2.75, 3.05) is 26.2 Å². The molecule has 4 rings (SSSR count). The van der Waals surface area contributed by atoms with E-state index in [1.54, 1.807) is 0 Å². The van der Waals surface area contributed by atoms with Gasteiger partial charge < -0.3 is 10.1 Å². The summed E-state index contributed by atoms with van der Waals surface area (Å²) in [5.41, 5.74) is 1.12. The third-order valence-corrected chi connectivity index (χ3v) is 7.77. The van der Waals surface area contributed by atoms with Crippen LogP contribution in [0.1, 0.15) is 18.4 Å². The molecule has 6 nitrogen and oxygen atoms in total. The molecule has 1 atom stereocenters. The Morgan fingerprint density at radius 1 is 1.13 bits per heavy atom. The van der Waals surface area contributed by atoms with Crippen LogP contribution < -0.4 is 10.1 Å². The topological polar surface area (TPSA) is 75.7 Å². The lowest BCUT2D eigenvalue weighted by atomic mass is 9.95. The Balaban J connectivity index is 1.30. The number of nitrogens with zero attached hydrogens (tertiary/aromatic N) is 1. The molecule has 2 aromatic rings. The molecule has 0 saturated carbocycles. The Hall–Kier alpha value is -2.52. The van der Waals surface area contributed by atoms with Gasteiger partial charge in [0.2, 0.25) is 15.9 Å². The third kappa shape index (κ3) is 4.72. The van der Waals surface area contributed by atoms with Crippen molar-refractivity contribution in [1.82, 2.24) is 9.62 Å². The molecule has 2 aromatic carbocycles. The predicted molar refractivity (Wildman–Crippen MR) is 110 cm³/mol. The number of carbonyl (C=O) groups is 1. The molecule has 2 aliphatic rings. The molecule has 2 heterocycles. The molecular weight excluding hydrogens is 426 g/mol. The van der Waals surface area contributed by atoms with Gasteiger partial charge in [-0.25, -0.2) is 17.2 Å². The van der Waals surface area contributed by atoms with Gasteiger partial charge >= 0.3 is 0 Å². The Morgan fingerprint density at radius 3 is 2.65 bits per heavy atom.